The Hall–Kier alpha value is -0.740. The Labute approximate surface area is 95.2 Å². The highest BCUT2D eigenvalue weighted by atomic mass is 79.9. The molecule has 0 saturated carbocycles. The molecule has 0 N–H and O–H groups in total. The first kappa shape index (κ1) is 9.80. The van der Waals surface area contributed by atoms with Crippen LogP contribution >= 0.6 is 27.3 Å². The summed E-state index contributed by atoms with van der Waals surface area (Å²) in [4.78, 5) is 8.83. The van der Waals surface area contributed by atoms with E-state index in [2.05, 4.69) is 38.2 Å². The van der Waals surface area contributed by atoms with E-state index in [9.17, 15) is 0 Å². The topological polar surface area (TPSA) is 25.8 Å². The average molecular weight is 269 g/mol. The van der Waals surface area contributed by atoms with Crippen LogP contribution in [0.3, 0.4) is 0 Å². The average Bonchev–Trinajstić information content (AvgIpc) is 2.66. The molecule has 2 heterocycles. The highest BCUT2D eigenvalue weighted by Crippen LogP contribution is 2.23. The molecule has 0 unspecified atom stereocenters. The number of nitrogens with zero attached hydrogens (tertiary/aromatic N) is 2. The SMILES string of the molecule is CCc1csc(-c2cccc(Br)n2)n1. The molecular formula is C10H9BrN2S. The molecule has 0 aliphatic heterocycles. The van der Waals surface area contributed by atoms with Crippen molar-refractivity contribution >= 4 is 27.3 Å². The van der Waals surface area contributed by atoms with E-state index in [1.165, 1.54) is 0 Å². The number of rotatable bonds is 2. The molecule has 2 aromatic heterocycles. The molecule has 0 amide bonds. The van der Waals surface area contributed by atoms with Gasteiger partial charge in [-0.05, 0) is 34.5 Å². The Morgan fingerprint density at radius 2 is 2.21 bits per heavy atom. The van der Waals surface area contributed by atoms with Crippen LogP contribution in [0.2, 0.25) is 0 Å². The van der Waals surface area contributed by atoms with Gasteiger partial charge in [0, 0.05) is 5.38 Å². The molecule has 0 radical (unpaired) electrons. The lowest BCUT2D eigenvalue weighted by Gasteiger charge is -1.95. The van der Waals surface area contributed by atoms with E-state index < -0.39 is 0 Å². The molecule has 72 valence electrons. The number of hydrogen-bond donors (Lipinski definition) is 0. The van der Waals surface area contributed by atoms with Crippen LogP contribution in [0.25, 0.3) is 10.7 Å². The lowest BCUT2D eigenvalue weighted by atomic mass is 10.3. The highest BCUT2D eigenvalue weighted by Gasteiger charge is 2.04. The highest BCUT2D eigenvalue weighted by molar-refractivity contribution is 9.10. The van der Waals surface area contributed by atoms with Crippen molar-refractivity contribution in [2.75, 3.05) is 0 Å². The molecule has 2 nitrogen and oxygen atoms in total. The van der Waals surface area contributed by atoms with Crippen LogP contribution in [0.4, 0.5) is 0 Å². The maximum Gasteiger partial charge on any atom is 0.142 e. The predicted molar refractivity (Wildman–Crippen MR) is 62.4 cm³/mol. The fraction of sp³-hybridized carbons (Fsp3) is 0.200. The molecule has 0 aromatic carbocycles. The summed E-state index contributed by atoms with van der Waals surface area (Å²) in [7, 11) is 0. The van der Waals surface area contributed by atoms with Gasteiger partial charge in [-0.25, -0.2) is 9.97 Å². The van der Waals surface area contributed by atoms with Crippen LogP contribution in [0, 0.1) is 0 Å². The monoisotopic (exact) mass is 268 g/mol. The molecule has 14 heavy (non-hydrogen) atoms. The smallest absolute Gasteiger partial charge is 0.142 e. The lowest BCUT2D eigenvalue weighted by Crippen LogP contribution is -1.84. The first-order valence-corrected chi connectivity index (χ1v) is 6.04. The van der Waals surface area contributed by atoms with Gasteiger partial charge in [-0.15, -0.1) is 11.3 Å². The van der Waals surface area contributed by atoms with Crippen LogP contribution in [-0.2, 0) is 6.42 Å². The van der Waals surface area contributed by atoms with E-state index in [1.54, 1.807) is 11.3 Å². The van der Waals surface area contributed by atoms with Crippen LogP contribution in [0.5, 0.6) is 0 Å². The van der Waals surface area contributed by atoms with Crippen LogP contribution in [-0.4, -0.2) is 9.97 Å². The Bertz CT molecular complexity index is 439. The van der Waals surface area contributed by atoms with Crippen molar-refractivity contribution in [3.8, 4) is 10.7 Å². The molecule has 4 heteroatoms. The van der Waals surface area contributed by atoms with Crippen molar-refractivity contribution in [1.29, 1.82) is 0 Å². The Kier molecular flexibility index (Phi) is 2.93. The van der Waals surface area contributed by atoms with Crippen LogP contribution < -0.4 is 0 Å². The summed E-state index contributed by atoms with van der Waals surface area (Å²) in [6.07, 6.45) is 0.977. The number of hydrogen-bond acceptors (Lipinski definition) is 3. The zero-order chi connectivity index (χ0) is 9.97. The maximum atomic E-state index is 4.48. The Morgan fingerprint density at radius 3 is 2.86 bits per heavy atom. The van der Waals surface area contributed by atoms with Crippen molar-refractivity contribution in [1.82, 2.24) is 9.97 Å². The van der Waals surface area contributed by atoms with E-state index in [1.807, 2.05) is 18.2 Å². The number of pyridine rings is 1. The molecule has 0 aliphatic carbocycles. The summed E-state index contributed by atoms with van der Waals surface area (Å²) in [6, 6.07) is 5.86. The van der Waals surface area contributed by atoms with E-state index in [0.717, 1.165) is 27.4 Å². The Morgan fingerprint density at radius 1 is 1.36 bits per heavy atom. The third kappa shape index (κ3) is 2.01. The second-order valence-electron chi connectivity index (χ2n) is 2.84. The van der Waals surface area contributed by atoms with Gasteiger partial charge in [-0.3, -0.25) is 0 Å². The standard InChI is InChI=1S/C10H9BrN2S/c1-2-7-6-14-10(12-7)8-4-3-5-9(11)13-8/h3-6H,2H2,1H3. The van der Waals surface area contributed by atoms with Gasteiger partial charge in [-0.2, -0.15) is 0 Å². The van der Waals surface area contributed by atoms with E-state index in [0.29, 0.717) is 0 Å². The minimum atomic E-state index is 0.850. The van der Waals surface area contributed by atoms with Gasteiger partial charge in [0.05, 0.1) is 5.69 Å². The molecule has 2 aromatic rings. The van der Waals surface area contributed by atoms with E-state index >= 15 is 0 Å². The van der Waals surface area contributed by atoms with Crippen molar-refractivity contribution in [2.45, 2.75) is 13.3 Å². The van der Waals surface area contributed by atoms with Gasteiger partial charge in [0.1, 0.15) is 15.3 Å². The normalized spacial score (nSPS) is 10.4. The third-order valence-electron chi connectivity index (χ3n) is 1.85. The van der Waals surface area contributed by atoms with Crippen molar-refractivity contribution < 1.29 is 0 Å². The van der Waals surface area contributed by atoms with Crippen LogP contribution in [0.15, 0.2) is 28.2 Å². The summed E-state index contributed by atoms with van der Waals surface area (Å²) >= 11 is 4.99. The number of aryl methyl sites for hydroxylation is 1. The Balaban J connectivity index is 2.39. The predicted octanol–water partition coefficient (Wildman–Crippen LogP) is 3.53. The summed E-state index contributed by atoms with van der Waals surface area (Å²) in [5.41, 5.74) is 2.07. The molecule has 2 rings (SSSR count). The lowest BCUT2D eigenvalue weighted by molar-refractivity contribution is 1.06. The van der Waals surface area contributed by atoms with E-state index in [-0.39, 0.29) is 0 Å². The molecule has 0 spiro atoms. The summed E-state index contributed by atoms with van der Waals surface area (Å²) in [5.74, 6) is 0. The zero-order valence-corrected chi connectivity index (χ0v) is 10.1. The second-order valence-corrected chi connectivity index (χ2v) is 4.51. The first-order chi connectivity index (χ1) is 6.79. The largest absolute Gasteiger partial charge is 0.239 e. The third-order valence-corrected chi connectivity index (χ3v) is 3.20. The first-order valence-electron chi connectivity index (χ1n) is 4.37. The number of aromatic nitrogens is 2. The zero-order valence-electron chi connectivity index (χ0n) is 7.70. The maximum absolute atomic E-state index is 4.48. The fourth-order valence-corrected chi connectivity index (χ4v) is 2.33. The van der Waals surface area contributed by atoms with E-state index in [4.69, 9.17) is 0 Å². The molecular weight excluding hydrogens is 260 g/mol. The van der Waals surface area contributed by atoms with Crippen molar-refractivity contribution in [2.24, 2.45) is 0 Å². The summed E-state index contributed by atoms with van der Waals surface area (Å²) in [6.45, 7) is 2.10. The van der Waals surface area contributed by atoms with Crippen LogP contribution in [0.1, 0.15) is 12.6 Å². The summed E-state index contributed by atoms with van der Waals surface area (Å²) < 4.78 is 0.850. The molecule has 0 bridgehead atoms. The van der Waals surface area contributed by atoms with Crippen molar-refractivity contribution in [3.63, 3.8) is 0 Å². The molecule has 0 saturated heterocycles. The second kappa shape index (κ2) is 4.19. The van der Waals surface area contributed by atoms with Gasteiger partial charge in [0.2, 0.25) is 0 Å². The number of thiazole rings is 1. The van der Waals surface area contributed by atoms with Gasteiger partial charge in [0.25, 0.3) is 0 Å². The van der Waals surface area contributed by atoms with Gasteiger partial charge >= 0.3 is 0 Å². The van der Waals surface area contributed by atoms with Gasteiger partial charge < -0.3 is 0 Å². The quantitative estimate of drug-likeness (QED) is 0.779. The number of halogens is 1. The fourth-order valence-electron chi connectivity index (χ4n) is 1.11. The summed E-state index contributed by atoms with van der Waals surface area (Å²) in [5, 5.41) is 3.07. The molecule has 0 aliphatic rings. The minimum absolute atomic E-state index is 0.850. The molecule has 0 atom stereocenters. The molecule has 0 fully saturated rings. The van der Waals surface area contributed by atoms with Gasteiger partial charge in [0.15, 0.2) is 0 Å². The van der Waals surface area contributed by atoms with Gasteiger partial charge in [-0.1, -0.05) is 13.0 Å². The minimum Gasteiger partial charge on any atom is -0.239 e. The van der Waals surface area contributed by atoms with Crippen molar-refractivity contribution in [3.05, 3.63) is 33.9 Å².